The van der Waals surface area contributed by atoms with Crippen LogP contribution < -0.4 is 9.47 Å². The van der Waals surface area contributed by atoms with Crippen molar-refractivity contribution >= 4 is 17.5 Å². The SMILES string of the molecule is COc1ccc(C(=O)C(C)Sc2nnnn2-c2ccccc2OC)cc1. The van der Waals surface area contributed by atoms with Crippen LogP contribution in [0.4, 0.5) is 0 Å². The van der Waals surface area contributed by atoms with Gasteiger partial charge in [-0.2, -0.15) is 4.68 Å². The van der Waals surface area contributed by atoms with Crippen LogP contribution in [0.5, 0.6) is 11.5 Å². The number of benzene rings is 2. The number of carbonyl (C=O) groups is 1. The molecule has 1 aromatic heterocycles. The molecule has 0 aliphatic heterocycles. The van der Waals surface area contributed by atoms with E-state index in [1.54, 1.807) is 43.2 Å². The van der Waals surface area contributed by atoms with Gasteiger partial charge in [0.05, 0.1) is 19.5 Å². The average molecular weight is 370 g/mol. The molecule has 0 bridgehead atoms. The normalized spacial score (nSPS) is 11.8. The van der Waals surface area contributed by atoms with Crippen LogP contribution in [0.2, 0.25) is 0 Å². The van der Waals surface area contributed by atoms with Gasteiger partial charge in [-0.15, -0.1) is 5.10 Å². The molecule has 0 fully saturated rings. The molecule has 134 valence electrons. The molecule has 8 heteroatoms. The lowest BCUT2D eigenvalue weighted by Crippen LogP contribution is -2.14. The van der Waals surface area contributed by atoms with E-state index in [-0.39, 0.29) is 11.0 Å². The second-order valence-electron chi connectivity index (χ2n) is 5.40. The summed E-state index contributed by atoms with van der Waals surface area (Å²) in [5.41, 5.74) is 1.33. The minimum atomic E-state index is -0.358. The fourth-order valence-electron chi connectivity index (χ4n) is 2.41. The van der Waals surface area contributed by atoms with Gasteiger partial charge < -0.3 is 9.47 Å². The van der Waals surface area contributed by atoms with Crippen molar-refractivity contribution in [2.45, 2.75) is 17.3 Å². The van der Waals surface area contributed by atoms with Crippen molar-refractivity contribution in [3.8, 4) is 17.2 Å². The van der Waals surface area contributed by atoms with E-state index in [9.17, 15) is 4.79 Å². The van der Waals surface area contributed by atoms with Crippen LogP contribution in [0, 0.1) is 0 Å². The second kappa shape index (κ2) is 8.01. The highest BCUT2D eigenvalue weighted by Crippen LogP contribution is 2.29. The van der Waals surface area contributed by atoms with E-state index in [0.29, 0.717) is 27.9 Å². The average Bonchev–Trinajstić information content (AvgIpc) is 3.15. The van der Waals surface area contributed by atoms with E-state index < -0.39 is 0 Å². The molecule has 0 spiro atoms. The zero-order chi connectivity index (χ0) is 18.5. The van der Waals surface area contributed by atoms with Crippen LogP contribution in [0.3, 0.4) is 0 Å². The molecular weight excluding hydrogens is 352 g/mol. The Balaban J connectivity index is 1.81. The molecule has 0 saturated heterocycles. The standard InChI is InChI=1S/C18H18N4O3S/c1-12(17(23)13-8-10-14(24-2)11-9-13)26-18-19-20-21-22(18)15-6-4-5-7-16(15)25-3/h4-12H,1-3H3. The van der Waals surface area contributed by atoms with Gasteiger partial charge in [-0.1, -0.05) is 23.9 Å². The van der Waals surface area contributed by atoms with Gasteiger partial charge in [0.1, 0.15) is 17.2 Å². The van der Waals surface area contributed by atoms with Gasteiger partial charge in [0, 0.05) is 5.56 Å². The van der Waals surface area contributed by atoms with Crippen molar-refractivity contribution in [1.29, 1.82) is 0 Å². The highest BCUT2D eigenvalue weighted by Gasteiger charge is 2.21. The molecule has 3 rings (SSSR count). The first-order valence-electron chi connectivity index (χ1n) is 7.90. The third-order valence-electron chi connectivity index (χ3n) is 3.78. The van der Waals surface area contributed by atoms with Crippen LogP contribution in [-0.2, 0) is 0 Å². The number of tetrazole rings is 1. The molecule has 1 atom stereocenters. The summed E-state index contributed by atoms with van der Waals surface area (Å²) >= 11 is 1.29. The summed E-state index contributed by atoms with van der Waals surface area (Å²) in [5.74, 6) is 1.35. The predicted molar refractivity (Wildman–Crippen MR) is 98.3 cm³/mol. The van der Waals surface area contributed by atoms with Crippen molar-refractivity contribution in [1.82, 2.24) is 20.2 Å². The number of nitrogens with zero attached hydrogens (tertiary/aromatic N) is 4. The summed E-state index contributed by atoms with van der Waals surface area (Å²) in [6, 6.07) is 14.5. The lowest BCUT2D eigenvalue weighted by molar-refractivity contribution is 0.0994. The number of Topliss-reactive ketones (excluding diaryl/α,β-unsaturated/α-hetero) is 1. The summed E-state index contributed by atoms with van der Waals surface area (Å²) in [5, 5.41) is 12.0. The van der Waals surface area contributed by atoms with E-state index in [2.05, 4.69) is 15.5 Å². The number of aromatic nitrogens is 4. The van der Waals surface area contributed by atoms with E-state index >= 15 is 0 Å². The molecule has 3 aromatic rings. The number of carbonyl (C=O) groups excluding carboxylic acids is 1. The van der Waals surface area contributed by atoms with Gasteiger partial charge in [-0.3, -0.25) is 4.79 Å². The first kappa shape index (κ1) is 17.9. The Morgan fingerprint density at radius 2 is 1.81 bits per heavy atom. The monoisotopic (exact) mass is 370 g/mol. The van der Waals surface area contributed by atoms with Crippen molar-refractivity contribution in [2.24, 2.45) is 0 Å². The molecule has 0 saturated carbocycles. The number of para-hydroxylation sites is 2. The van der Waals surface area contributed by atoms with E-state index in [0.717, 1.165) is 0 Å². The quantitative estimate of drug-likeness (QED) is 0.467. The summed E-state index contributed by atoms with van der Waals surface area (Å²) in [7, 11) is 3.18. The lowest BCUT2D eigenvalue weighted by Gasteiger charge is -2.12. The summed E-state index contributed by atoms with van der Waals surface area (Å²) in [6.07, 6.45) is 0. The maximum absolute atomic E-state index is 12.7. The van der Waals surface area contributed by atoms with Crippen molar-refractivity contribution in [3.05, 3.63) is 54.1 Å². The summed E-state index contributed by atoms with van der Waals surface area (Å²) < 4.78 is 12.1. The fraction of sp³-hybridized carbons (Fsp3) is 0.222. The predicted octanol–water partition coefficient (Wildman–Crippen LogP) is 3.04. The van der Waals surface area contributed by atoms with Gasteiger partial charge in [-0.05, 0) is 53.7 Å². The number of hydrogen-bond donors (Lipinski definition) is 0. The first-order chi connectivity index (χ1) is 12.6. The van der Waals surface area contributed by atoms with E-state index in [1.165, 1.54) is 11.8 Å². The van der Waals surface area contributed by atoms with Crippen LogP contribution in [-0.4, -0.2) is 45.5 Å². The molecular formula is C18H18N4O3S. The minimum Gasteiger partial charge on any atom is -0.497 e. The van der Waals surface area contributed by atoms with Crippen LogP contribution in [0.15, 0.2) is 53.7 Å². The minimum absolute atomic E-state index is 0.00719. The topological polar surface area (TPSA) is 79.1 Å². The number of thioether (sulfide) groups is 1. The highest BCUT2D eigenvalue weighted by molar-refractivity contribution is 8.00. The van der Waals surface area contributed by atoms with Crippen molar-refractivity contribution in [2.75, 3.05) is 14.2 Å². The largest absolute Gasteiger partial charge is 0.497 e. The zero-order valence-corrected chi connectivity index (χ0v) is 15.4. The molecule has 0 aliphatic rings. The molecule has 0 aliphatic carbocycles. The zero-order valence-electron chi connectivity index (χ0n) is 14.6. The maximum Gasteiger partial charge on any atom is 0.214 e. The Bertz CT molecular complexity index is 895. The molecule has 7 nitrogen and oxygen atoms in total. The fourth-order valence-corrected chi connectivity index (χ4v) is 3.29. The molecule has 0 radical (unpaired) electrons. The number of hydrogen-bond acceptors (Lipinski definition) is 7. The van der Waals surface area contributed by atoms with Crippen molar-refractivity contribution in [3.63, 3.8) is 0 Å². The van der Waals surface area contributed by atoms with E-state index in [4.69, 9.17) is 9.47 Å². The second-order valence-corrected chi connectivity index (χ2v) is 6.71. The molecule has 0 amide bonds. The van der Waals surface area contributed by atoms with Gasteiger partial charge in [0.2, 0.25) is 5.16 Å². The van der Waals surface area contributed by atoms with E-state index in [1.807, 2.05) is 31.2 Å². The molecule has 0 N–H and O–H groups in total. The number of rotatable bonds is 7. The molecule has 1 unspecified atom stereocenters. The Labute approximate surface area is 155 Å². The Morgan fingerprint density at radius 3 is 2.50 bits per heavy atom. The number of methoxy groups -OCH3 is 2. The highest BCUT2D eigenvalue weighted by atomic mass is 32.2. The third kappa shape index (κ3) is 3.70. The number of ether oxygens (including phenoxy) is 2. The van der Waals surface area contributed by atoms with Crippen LogP contribution >= 0.6 is 11.8 Å². The Kier molecular flexibility index (Phi) is 5.52. The van der Waals surface area contributed by atoms with Gasteiger partial charge in [0.25, 0.3) is 0 Å². The maximum atomic E-state index is 12.7. The van der Waals surface area contributed by atoms with Gasteiger partial charge in [0.15, 0.2) is 5.78 Å². The Hall–Kier alpha value is -2.87. The van der Waals surface area contributed by atoms with Gasteiger partial charge >= 0.3 is 0 Å². The first-order valence-corrected chi connectivity index (χ1v) is 8.78. The van der Waals surface area contributed by atoms with Crippen molar-refractivity contribution < 1.29 is 14.3 Å². The van der Waals surface area contributed by atoms with Crippen LogP contribution in [0.1, 0.15) is 17.3 Å². The van der Waals surface area contributed by atoms with Crippen LogP contribution in [0.25, 0.3) is 5.69 Å². The third-order valence-corrected chi connectivity index (χ3v) is 4.81. The summed E-state index contributed by atoms with van der Waals surface area (Å²) in [6.45, 7) is 1.83. The lowest BCUT2D eigenvalue weighted by atomic mass is 10.1. The Morgan fingerprint density at radius 1 is 1.08 bits per heavy atom. The molecule has 26 heavy (non-hydrogen) atoms. The molecule has 2 aromatic carbocycles. The number of ketones is 1. The summed E-state index contributed by atoms with van der Waals surface area (Å²) in [4.78, 5) is 12.7. The molecule has 1 heterocycles. The smallest absolute Gasteiger partial charge is 0.214 e. The van der Waals surface area contributed by atoms with Gasteiger partial charge in [-0.25, -0.2) is 0 Å².